The van der Waals surface area contributed by atoms with Crippen LogP contribution in [0.25, 0.3) is 0 Å². The fourth-order valence-electron chi connectivity index (χ4n) is 3.09. The van der Waals surface area contributed by atoms with Gasteiger partial charge in [0.25, 0.3) is 5.91 Å². The van der Waals surface area contributed by atoms with E-state index in [1.54, 1.807) is 24.3 Å². The van der Waals surface area contributed by atoms with Crippen molar-refractivity contribution in [3.05, 3.63) is 29.8 Å². The lowest BCUT2D eigenvalue weighted by molar-refractivity contribution is -0.143. The number of nitrogens with zero attached hydrogens (tertiary/aromatic N) is 1. The van der Waals surface area contributed by atoms with Gasteiger partial charge in [0.1, 0.15) is 6.04 Å². The predicted octanol–water partition coefficient (Wildman–Crippen LogP) is 3.28. The first kappa shape index (κ1) is 19.0. The summed E-state index contributed by atoms with van der Waals surface area (Å²) in [5, 5.41) is 12.1. The van der Waals surface area contributed by atoms with Crippen molar-refractivity contribution in [2.24, 2.45) is 0 Å². The third-order valence-corrected chi connectivity index (χ3v) is 4.45. The molecule has 0 radical (unpaired) electrons. The van der Waals surface area contributed by atoms with Gasteiger partial charge < -0.3 is 15.3 Å². The van der Waals surface area contributed by atoms with Crippen LogP contribution < -0.4 is 5.32 Å². The summed E-state index contributed by atoms with van der Waals surface area (Å²) in [4.78, 5) is 37.5. The van der Waals surface area contributed by atoms with E-state index in [1.807, 2.05) is 0 Å². The molecule has 0 aliphatic carbocycles. The molecule has 25 heavy (non-hydrogen) atoms. The van der Waals surface area contributed by atoms with Crippen LogP contribution >= 0.6 is 0 Å². The lowest BCUT2D eigenvalue weighted by atomic mass is 10.0. The summed E-state index contributed by atoms with van der Waals surface area (Å²) in [6.07, 6.45) is 5.47. The molecular formula is C19H26N2O4. The predicted molar refractivity (Wildman–Crippen MR) is 95.5 cm³/mol. The van der Waals surface area contributed by atoms with Crippen molar-refractivity contribution in [2.45, 2.75) is 57.9 Å². The van der Waals surface area contributed by atoms with Gasteiger partial charge in [-0.1, -0.05) is 25.8 Å². The summed E-state index contributed by atoms with van der Waals surface area (Å²) in [6, 6.07) is 5.94. The van der Waals surface area contributed by atoms with Gasteiger partial charge in [-0.15, -0.1) is 0 Å². The van der Waals surface area contributed by atoms with Crippen molar-refractivity contribution in [1.29, 1.82) is 0 Å². The van der Waals surface area contributed by atoms with Gasteiger partial charge in [0.05, 0.1) is 0 Å². The molecule has 1 unspecified atom stereocenters. The highest BCUT2D eigenvalue weighted by atomic mass is 16.4. The largest absolute Gasteiger partial charge is 0.480 e. The van der Waals surface area contributed by atoms with Crippen molar-refractivity contribution in [2.75, 3.05) is 11.9 Å². The van der Waals surface area contributed by atoms with Gasteiger partial charge in [0.15, 0.2) is 0 Å². The molecule has 1 saturated heterocycles. The number of hydrogen-bond donors (Lipinski definition) is 2. The summed E-state index contributed by atoms with van der Waals surface area (Å²) >= 11 is 0. The zero-order chi connectivity index (χ0) is 18.2. The van der Waals surface area contributed by atoms with Crippen LogP contribution in [0.2, 0.25) is 0 Å². The first-order valence-electron chi connectivity index (χ1n) is 8.96. The van der Waals surface area contributed by atoms with Gasteiger partial charge in [-0.25, -0.2) is 4.79 Å². The Morgan fingerprint density at radius 1 is 1.24 bits per heavy atom. The quantitative estimate of drug-likeness (QED) is 0.742. The van der Waals surface area contributed by atoms with E-state index in [0.29, 0.717) is 30.6 Å². The SMILES string of the molecule is CCCCCC(=O)Nc1cccc(C(=O)N2CCCCC2C(=O)O)c1. The maximum atomic E-state index is 12.7. The first-order valence-corrected chi connectivity index (χ1v) is 8.96. The normalized spacial score (nSPS) is 17.2. The average molecular weight is 346 g/mol. The summed E-state index contributed by atoms with van der Waals surface area (Å²) in [7, 11) is 0. The molecule has 0 saturated carbocycles. The Hall–Kier alpha value is -2.37. The summed E-state index contributed by atoms with van der Waals surface area (Å²) < 4.78 is 0. The van der Waals surface area contributed by atoms with E-state index in [9.17, 15) is 19.5 Å². The van der Waals surface area contributed by atoms with E-state index in [4.69, 9.17) is 0 Å². The standard InChI is InChI=1S/C19H26N2O4/c1-2-3-4-11-17(22)20-15-9-7-8-14(13-15)18(23)21-12-6-5-10-16(21)19(24)25/h7-9,13,16H,2-6,10-12H2,1H3,(H,20,22)(H,24,25). The lowest BCUT2D eigenvalue weighted by Gasteiger charge is -2.33. The zero-order valence-corrected chi connectivity index (χ0v) is 14.7. The van der Waals surface area contributed by atoms with E-state index in [1.165, 1.54) is 4.90 Å². The number of benzene rings is 1. The van der Waals surface area contributed by atoms with Crippen molar-refractivity contribution < 1.29 is 19.5 Å². The summed E-state index contributed by atoms with van der Waals surface area (Å²) in [6.45, 7) is 2.53. The Morgan fingerprint density at radius 3 is 2.76 bits per heavy atom. The molecule has 1 aromatic carbocycles. The number of likely N-dealkylation sites (tertiary alicyclic amines) is 1. The monoisotopic (exact) mass is 346 g/mol. The fraction of sp³-hybridized carbons (Fsp3) is 0.526. The molecule has 1 aliphatic heterocycles. The van der Waals surface area contributed by atoms with E-state index >= 15 is 0 Å². The zero-order valence-electron chi connectivity index (χ0n) is 14.7. The molecule has 2 rings (SSSR count). The number of carbonyl (C=O) groups excluding carboxylic acids is 2. The Morgan fingerprint density at radius 2 is 2.04 bits per heavy atom. The van der Waals surface area contributed by atoms with E-state index in [2.05, 4.69) is 12.2 Å². The first-order chi connectivity index (χ1) is 12.0. The van der Waals surface area contributed by atoms with Crippen LogP contribution in [0.3, 0.4) is 0 Å². The molecule has 2 N–H and O–H groups in total. The van der Waals surface area contributed by atoms with Crippen LogP contribution in [-0.4, -0.2) is 40.4 Å². The number of nitrogens with one attached hydrogen (secondary N) is 1. The van der Waals surface area contributed by atoms with E-state index in [-0.39, 0.29) is 11.8 Å². The van der Waals surface area contributed by atoms with Gasteiger partial charge in [0, 0.05) is 24.2 Å². The Balaban J connectivity index is 2.05. The number of carbonyl (C=O) groups is 3. The fourth-order valence-corrected chi connectivity index (χ4v) is 3.09. The number of anilines is 1. The Labute approximate surface area is 148 Å². The van der Waals surface area contributed by atoms with Gasteiger partial charge in [0.2, 0.25) is 5.91 Å². The number of unbranched alkanes of at least 4 members (excludes halogenated alkanes) is 2. The van der Waals surface area contributed by atoms with Crippen molar-refractivity contribution in [3.63, 3.8) is 0 Å². The highest BCUT2D eigenvalue weighted by molar-refractivity contribution is 5.98. The molecule has 2 amide bonds. The molecule has 1 atom stereocenters. The topological polar surface area (TPSA) is 86.7 Å². The minimum atomic E-state index is -0.964. The second-order valence-corrected chi connectivity index (χ2v) is 6.43. The number of aliphatic carboxylic acids is 1. The maximum absolute atomic E-state index is 12.7. The molecule has 136 valence electrons. The maximum Gasteiger partial charge on any atom is 0.326 e. The average Bonchev–Trinajstić information content (AvgIpc) is 2.61. The smallest absolute Gasteiger partial charge is 0.326 e. The molecule has 1 aromatic rings. The summed E-state index contributed by atoms with van der Waals surface area (Å²) in [5.41, 5.74) is 0.968. The molecule has 0 bridgehead atoms. The van der Waals surface area contributed by atoms with E-state index in [0.717, 1.165) is 32.1 Å². The Kier molecular flexibility index (Phi) is 6.98. The third kappa shape index (κ3) is 5.31. The molecule has 1 aliphatic rings. The number of piperidine rings is 1. The van der Waals surface area contributed by atoms with Gasteiger partial charge in [-0.3, -0.25) is 9.59 Å². The number of rotatable bonds is 7. The highest BCUT2D eigenvalue weighted by Gasteiger charge is 2.32. The van der Waals surface area contributed by atoms with Crippen LogP contribution in [0, 0.1) is 0 Å². The second kappa shape index (κ2) is 9.20. The molecular weight excluding hydrogens is 320 g/mol. The van der Waals surface area contributed by atoms with Crippen LogP contribution in [0.15, 0.2) is 24.3 Å². The number of hydrogen-bond acceptors (Lipinski definition) is 3. The molecule has 1 heterocycles. The Bertz CT molecular complexity index is 630. The van der Waals surface area contributed by atoms with Crippen molar-refractivity contribution >= 4 is 23.5 Å². The molecule has 0 aromatic heterocycles. The number of carboxylic acids is 1. The highest BCUT2D eigenvalue weighted by Crippen LogP contribution is 2.21. The second-order valence-electron chi connectivity index (χ2n) is 6.43. The van der Waals surface area contributed by atoms with Gasteiger partial charge in [-0.2, -0.15) is 0 Å². The van der Waals surface area contributed by atoms with E-state index < -0.39 is 12.0 Å². The summed E-state index contributed by atoms with van der Waals surface area (Å²) in [5.74, 6) is -1.33. The van der Waals surface area contributed by atoms with Crippen molar-refractivity contribution in [3.8, 4) is 0 Å². The van der Waals surface area contributed by atoms with Gasteiger partial charge >= 0.3 is 5.97 Å². The minimum Gasteiger partial charge on any atom is -0.480 e. The minimum absolute atomic E-state index is 0.0700. The third-order valence-electron chi connectivity index (χ3n) is 4.45. The lowest BCUT2D eigenvalue weighted by Crippen LogP contribution is -2.48. The molecule has 1 fully saturated rings. The van der Waals surface area contributed by atoms with Crippen LogP contribution in [0.5, 0.6) is 0 Å². The number of carboxylic acid groups (broad SMARTS) is 1. The van der Waals surface area contributed by atoms with Crippen LogP contribution in [0.1, 0.15) is 62.2 Å². The molecule has 0 spiro atoms. The van der Waals surface area contributed by atoms with Gasteiger partial charge in [-0.05, 0) is 43.9 Å². The molecule has 6 heteroatoms. The van der Waals surface area contributed by atoms with Crippen LogP contribution in [-0.2, 0) is 9.59 Å². The molecule has 6 nitrogen and oxygen atoms in total. The number of amides is 2. The van der Waals surface area contributed by atoms with Crippen molar-refractivity contribution in [1.82, 2.24) is 4.90 Å². The van der Waals surface area contributed by atoms with Crippen LogP contribution in [0.4, 0.5) is 5.69 Å².